The summed E-state index contributed by atoms with van der Waals surface area (Å²) in [6.45, 7) is 2.94. The van der Waals surface area contributed by atoms with Crippen LogP contribution in [0.25, 0.3) is 0 Å². The summed E-state index contributed by atoms with van der Waals surface area (Å²) in [4.78, 5) is 11.4. The maximum absolute atomic E-state index is 13.8. The minimum absolute atomic E-state index is 0.0963. The van der Waals surface area contributed by atoms with Crippen LogP contribution in [0.4, 0.5) is 18.9 Å². The predicted molar refractivity (Wildman–Crippen MR) is 113 cm³/mol. The first-order valence-corrected chi connectivity index (χ1v) is 10.1. The van der Waals surface area contributed by atoms with Crippen molar-refractivity contribution in [2.24, 2.45) is 0 Å². The van der Waals surface area contributed by atoms with Gasteiger partial charge in [-0.2, -0.15) is 13.2 Å². The van der Waals surface area contributed by atoms with E-state index in [1.807, 2.05) is 0 Å². The van der Waals surface area contributed by atoms with Gasteiger partial charge in [0.2, 0.25) is 11.5 Å². The molecule has 2 aromatic carbocycles. The molecule has 4 nitrogen and oxygen atoms in total. The summed E-state index contributed by atoms with van der Waals surface area (Å²) in [6.07, 6.45) is -4.66. The van der Waals surface area contributed by atoms with E-state index in [2.05, 4.69) is 10.6 Å². The van der Waals surface area contributed by atoms with Crippen LogP contribution in [0, 0.1) is 6.92 Å². The average molecular weight is 484 g/mol. The first-order chi connectivity index (χ1) is 13.9. The molecule has 1 atom stereocenters. The molecule has 0 aliphatic rings. The predicted octanol–water partition coefficient (Wildman–Crippen LogP) is 5.84. The van der Waals surface area contributed by atoms with E-state index in [9.17, 15) is 23.1 Å². The van der Waals surface area contributed by atoms with Gasteiger partial charge < -0.3 is 15.7 Å². The number of amides is 1. The fourth-order valence-electron chi connectivity index (χ4n) is 2.71. The van der Waals surface area contributed by atoms with E-state index >= 15 is 0 Å². The van der Waals surface area contributed by atoms with E-state index < -0.39 is 23.9 Å². The SMILES string of the molecule is CCC(=O)NCc1ccc(NC[C@](O)(c2cc(Cl)c(Cl)c(Cl)c2)C(F)(F)F)cc1C. The Balaban J connectivity index is 2.25. The van der Waals surface area contributed by atoms with Gasteiger partial charge in [-0.05, 0) is 47.9 Å². The number of alkyl halides is 3. The fraction of sp³-hybridized carbons (Fsp3) is 0.350. The van der Waals surface area contributed by atoms with Gasteiger partial charge in [0.15, 0.2) is 0 Å². The number of nitrogens with one attached hydrogen (secondary N) is 2. The zero-order valence-corrected chi connectivity index (χ0v) is 18.4. The van der Waals surface area contributed by atoms with Crippen LogP contribution in [0.1, 0.15) is 30.0 Å². The molecule has 0 radical (unpaired) electrons. The van der Waals surface area contributed by atoms with Crippen LogP contribution in [0.15, 0.2) is 30.3 Å². The molecule has 0 saturated carbocycles. The Kier molecular flexibility index (Phi) is 7.91. The molecule has 0 aromatic heterocycles. The summed E-state index contributed by atoms with van der Waals surface area (Å²) in [5, 5.41) is 15.4. The standard InChI is InChI=1S/C20H20Cl3F3N2O2/c1-3-17(29)27-9-12-4-5-14(6-11(12)2)28-10-19(30,20(24,25)26)13-7-15(21)18(23)16(22)8-13/h4-8,28,30H,3,9-10H2,1-2H3,(H,27,29)/t19-/m0/s1. The number of carbonyl (C=O) groups is 1. The minimum Gasteiger partial charge on any atom is -0.381 e. The summed E-state index contributed by atoms with van der Waals surface area (Å²) in [7, 11) is 0. The molecule has 0 spiro atoms. The van der Waals surface area contributed by atoms with Crippen molar-refractivity contribution in [3.8, 4) is 0 Å². The second-order valence-electron chi connectivity index (χ2n) is 6.74. The zero-order valence-electron chi connectivity index (χ0n) is 16.1. The molecule has 1 amide bonds. The van der Waals surface area contributed by atoms with E-state index in [1.165, 1.54) is 0 Å². The maximum atomic E-state index is 13.8. The number of hydrogen-bond acceptors (Lipinski definition) is 3. The second-order valence-corrected chi connectivity index (χ2v) is 7.93. The number of carbonyl (C=O) groups excluding carboxylic acids is 1. The quantitative estimate of drug-likeness (QED) is 0.433. The van der Waals surface area contributed by atoms with Crippen molar-refractivity contribution in [3.05, 3.63) is 62.1 Å². The summed E-state index contributed by atoms with van der Waals surface area (Å²) in [5.74, 6) is -0.105. The van der Waals surface area contributed by atoms with Crippen LogP contribution in [0.3, 0.4) is 0 Å². The Morgan fingerprint density at radius 1 is 1.10 bits per heavy atom. The first kappa shape index (κ1) is 24.6. The van der Waals surface area contributed by atoms with Gasteiger partial charge in [-0.25, -0.2) is 0 Å². The molecule has 0 aliphatic heterocycles. The fourth-order valence-corrected chi connectivity index (χ4v) is 3.31. The van der Waals surface area contributed by atoms with Crippen LogP contribution in [-0.4, -0.2) is 23.7 Å². The molecule has 30 heavy (non-hydrogen) atoms. The molecule has 0 unspecified atom stereocenters. The monoisotopic (exact) mass is 482 g/mol. The molecule has 0 saturated heterocycles. The first-order valence-electron chi connectivity index (χ1n) is 8.93. The highest BCUT2D eigenvalue weighted by atomic mass is 35.5. The summed E-state index contributed by atoms with van der Waals surface area (Å²) >= 11 is 17.5. The van der Waals surface area contributed by atoms with Gasteiger partial charge in [0.1, 0.15) is 0 Å². The van der Waals surface area contributed by atoms with Crippen molar-refractivity contribution in [2.75, 3.05) is 11.9 Å². The molecular weight excluding hydrogens is 464 g/mol. The Morgan fingerprint density at radius 2 is 1.70 bits per heavy atom. The van der Waals surface area contributed by atoms with Crippen LogP contribution in [-0.2, 0) is 16.9 Å². The van der Waals surface area contributed by atoms with Gasteiger partial charge in [-0.3, -0.25) is 4.79 Å². The third-order valence-electron chi connectivity index (χ3n) is 4.62. The van der Waals surface area contributed by atoms with Crippen molar-refractivity contribution >= 4 is 46.4 Å². The molecule has 10 heteroatoms. The Morgan fingerprint density at radius 3 is 2.20 bits per heavy atom. The number of anilines is 1. The third kappa shape index (κ3) is 5.52. The minimum atomic E-state index is -5.01. The highest BCUT2D eigenvalue weighted by Gasteiger charge is 2.55. The number of benzene rings is 2. The Hall–Kier alpha value is -1.67. The van der Waals surface area contributed by atoms with E-state index in [0.717, 1.165) is 23.3 Å². The zero-order chi connectivity index (χ0) is 22.7. The van der Waals surface area contributed by atoms with Crippen molar-refractivity contribution in [3.63, 3.8) is 0 Å². The third-order valence-corrected chi connectivity index (χ3v) is 5.82. The van der Waals surface area contributed by atoms with Gasteiger partial charge in [0.25, 0.3) is 0 Å². The highest BCUT2D eigenvalue weighted by Crippen LogP contribution is 2.43. The maximum Gasteiger partial charge on any atom is 0.423 e. The molecular formula is C20H20Cl3F3N2O2. The largest absolute Gasteiger partial charge is 0.423 e. The Labute approximate surface area is 187 Å². The molecule has 164 valence electrons. The summed E-state index contributed by atoms with van der Waals surface area (Å²) < 4.78 is 41.3. The molecule has 2 rings (SSSR count). The van der Waals surface area contributed by atoms with Crippen molar-refractivity contribution < 1.29 is 23.1 Å². The normalized spacial score (nSPS) is 13.6. The van der Waals surface area contributed by atoms with E-state index in [1.54, 1.807) is 32.0 Å². The topological polar surface area (TPSA) is 61.4 Å². The van der Waals surface area contributed by atoms with Crippen LogP contribution in [0.5, 0.6) is 0 Å². The van der Waals surface area contributed by atoms with E-state index in [-0.39, 0.29) is 21.0 Å². The lowest BCUT2D eigenvalue weighted by molar-refractivity contribution is -0.260. The lowest BCUT2D eigenvalue weighted by atomic mass is 9.92. The number of hydrogen-bond donors (Lipinski definition) is 3. The van der Waals surface area contributed by atoms with Crippen LogP contribution in [0.2, 0.25) is 15.1 Å². The summed E-state index contributed by atoms with van der Waals surface area (Å²) in [5.41, 5.74) is -1.83. The molecule has 0 heterocycles. The average Bonchev–Trinajstić information content (AvgIpc) is 2.67. The van der Waals surface area contributed by atoms with Crippen molar-refractivity contribution in [1.82, 2.24) is 5.32 Å². The number of rotatable bonds is 7. The van der Waals surface area contributed by atoms with Crippen molar-refractivity contribution in [2.45, 2.75) is 38.6 Å². The van der Waals surface area contributed by atoms with Gasteiger partial charge in [0.05, 0.1) is 21.6 Å². The molecule has 3 N–H and O–H groups in total. The number of aryl methyl sites for hydroxylation is 1. The van der Waals surface area contributed by atoms with Crippen LogP contribution < -0.4 is 10.6 Å². The van der Waals surface area contributed by atoms with E-state index in [0.29, 0.717) is 18.7 Å². The lowest BCUT2D eigenvalue weighted by Crippen LogP contribution is -2.47. The number of aliphatic hydroxyl groups is 1. The van der Waals surface area contributed by atoms with Crippen molar-refractivity contribution in [1.29, 1.82) is 0 Å². The molecule has 0 fully saturated rings. The smallest absolute Gasteiger partial charge is 0.381 e. The Bertz CT molecular complexity index is 915. The van der Waals surface area contributed by atoms with Gasteiger partial charge in [-0.15, -0.1) is 0 Å². The molecule has 0 bridgehead atoms. The highest BCUT2D eigenvalue weighted by molar-refractivity contribution is 6.48. The molecule has 2 aromatic rings. The molecule has 0 aliphatic carbocycles. The lowest BCUT2D eigenvalue weighted by Gasteiger charge is -2.32. The van der Waals surface area contributed by atoms with E-state index in [4.69, 9.17) is 34.8 Å². The van der Waals surface area contributed by atoms with Gasteiger partial charge in [-0.1, -0.05) is 47.8 Å². The van der Waals surface area contributed by atoms with Crippen LogP contribution >= 0.6 is 34.8 Å². The summed E-state index contributed by atoms with van der Waals surface area (Å²) in [6, 6.07) is 6.77. The van der Waals surface area contributed by atoms with Gasteiger partial charge >= 0.3 is 6.18 Å². The van der Waals surface area contributed by atoms with Gasteiger partial charge in [0, 0.05) is 18.7 Å². The second kappa shape index (κ2) is 9.64. The number of halogens is 6.